The quantitative estimate of drug-likeness (QED) is 0.613. The topological polar surface area (TPSA) is 56.9 Å². The lowest BCUT2D eigenvalue weighted by molar-refractivity contribution is 0.448. The number of aromatic hydroxyl groups is 1. The SMILES string of the molecule is CCCCCCCCCCCc1cc(C)c(C#N)c(O)n1. The molecular weight excluding hydrogens is 260 g/mol. The van der Waals surface area contributed by atoms with Crippen molar-refractivity contribution < 1.29 is 5.11 Å². The van der Waals surface area contributed by atoms with Crippen molar-refractivity contribution >= 4 is 0 Å². The molecule has 1 heterocycles. The van der Waals surface area contributed by atoms with Crippen LogP contribution in [0.5, 0.6) is 5.88 Å². The molecule has 0 aromatic carbocycles. The standard InChI is InChI=1S/C18H28N2O/c1-3-4-5-6-7-8-9-10-11-12-16-13-15(2)17(14-19)18(21)20-16/h13H,3-12H2,1-2H3,(H,20,21). The molecule has 0 spiro atoms. The zero-order valence-electron chi connectivity index (χ0n) is 13.5. The summed E-state index contributed by atoms with van der Waals surface area (Å²) in [6, 6.07) is 3.90. The summed E-state index contributed by atoms with van der Waals surface area (Å²) >= 11 is 0. The molecule has 21 heavy (non-hydrogen) atoms. The van der Waals surface area contributed by atoms with Gasteiger partial charge >= 0.3 is 0 Å². The first kappa shape index (κ1) is 17.5. The van der Waals surface area contributed by atoms with Gasteiger partial charge in [-0.3, -0.25) is 0 Å². The Balaban J connectivity index is 2.18. The zero-order valence-corrected chi connectivity index (χ0v) is 13.5. The number of nitriles is 1. The fourth-order valence-electron chi connectivity index (χ4n) is 2.61. The molecule has 1 N–H and O–H groups in total. The molecule has 0 radical (unpaired) electrons. The molecule has 0 fully saturated rings. The molecule has 0 amide bonds. The average molecular weight is 288 g/mol. The number of unbranched alkanes of at least 4 members (excludes halogenated alkanes) is 8. The van der Waals surface area contributed by atoms with E-state index in [1.807, 2.05) is 19.1 Å². The molecule has 116 valence electrons. The molecule has 0 aliphatic carbocycles. The molecule has 0 saturated carbocycles. The summed E-state index contributed by atoms with van der Waals surface area (Å²) in [6.45, 7) is 4.09. The Labute approximate surface area is 129 Å². The molecule has 0 aliphatic rings. The van der Waals surface area contributed by atoms with Crippen LogP contribution in [0.1, 0.15) is 81.5 Å². The number of hydrogen-bond acceptors (Lipinski definition) is 3. The van der Waals surface area contributed by atoms with Crippen molar-refractivity contribution in [3.05, 3.63) is 22.9 Å². The predicted molar refractivity (Wildman–Crippen MR) is 86.3 cm³/mol. The van der Waals surface area contributed by atoms with Crippen LogP contribution in [0.3, 0.4) is 0 Å². The number of pyridine rings is 1. The van der Waals surface area contributed by atoms with Gasteiger partial charge in [-0.25, -0.2) is 4.98 Å². The first-order chi connectivity index (χ1) is 10.2. The van der Waals surface area contributed by atoms with E-state index in [2.05, 4.69) is 11.9 Å². The van der Waals surface area contributed by atoms with Gasteiger partial charge in [-0.1, -0.05) is 58.3 Å². The second-order valence-electron chi connectivity index (χ2n) is 5.82. The van der Waals surface area contributed by atoms with Crippen LogP contribution in [0.2, 0.25) is 0 Å². The van der Waals surface area contributed by atoms with Crippen LogP contribution in [0.15, 0.2) is 6.07 Å². The van der Waals surface area contributed by atoms with E-state index in [4.69, 9.17) is 5.26 Å². The van der Waals surface area contributed by atoms with E-state index in [1.54, 1.807) is 0 Å². The lowest BCUT2D eigenvalue weighted by atomic mass is 10.0. The number of aryl methyl sites for hydroxylation is 2. The van der Waals surface area contributed by atoms with Crippen LogP contribution in [0.25, 0.3) is 0 Å². The summed E-state index contributed by atoms with van der Waals surface area (Å²) in [6.07, 6.45) is 12.6. The van der Waals surface area contributed by atoms with Gasteiger partial charge < -0.3 is 5.11 Å². The highest BCUT2D eigenvalue weighted by Gasteiger charge is 2.08. The summed E-state index contributed by atoms with van der Waals surface area (Å²) in [5, 5.41) is 18.6. The third-order valence-corrected chi connectivity index (χ3v) is 3.90. The van der Waals surface area contributed by atoms with Gasteiger partial charge in [0.2, 0.25) is 5.88 Å². The Hall–Kier alpha value is -1.56. The maximum Gasteiger partial charge on any atom is 0.229 e. The maximum absolute atomic E-state index is 9.68. The van der Waals surface area contributed by atoms with E-state index in [1.165, 1.54) is 51.4 Å². The Bertz CT molecular complexity index is 440. The molecule has 3 heteroatoms. The largest absolute Gasteiger partial charge is 0.492 e. The van der Waals surface area contributed by atoms with Gasteiger partial charge in [-0.15, -0.1) is 0 Å². The molecule has 1 aromatic heterocycles. The Morgan fingerprint density at radius 3 is 2.14 bits per heavy atom. The van der Waals surface area contributed by atoms with Gasteiger partial charge in [0.1, 0.15) is 11.6 Å². The summed E-state index contributed by atoms with van der Waals surface area (Å²) in [4.78, 5) is 4.11. The highest BCUT2D eigenvalue weighted by atomic mass is 16.3. The zero-order chi connectivity index (χ0) is 15.5. The van der Waals surface area contributed by atoms with E-state index in [0.717, 1.165) is 24.1 Å². The summed E-state index contributed by atoms with van der Waals surface area (Å²) in [5.41, 5.74) is 2.01. The number of nitrogens with zero attached hydrogens (tertiary/aromatic N) is 2. The minimum atomic E-state index is -0.122. The second-order valence-corrected chi connectivity index (χ2v) is 5.82. The van der Waals surface area contributed by atoms with Gasteiger partial charge in [-0.2, -0.15) is 5.26 Å². The van der Waals surface area contributed by atoms with Crippen molar-refractivity contribution in [3.8, 4) is 11.9 Å². The minimum absolute atomic E-state index is 0.122. The van der Waals surface area contributed by atoms with Gasteiger partial charge in [0.25, 0.3) is 0 Å². The normalized spacial score (nSPS) is 10.5. The first-order valence-corrected chi connectivity index (χ1v) is 8.28. The monoisotopic (exact) mass is 288 g/mol. The van der Waals surface area contributed by atoms with E-state index >= 15 is 0 Å². The molecule has 1 rings (SSSR count). The van der Waals surface area contributed by atoms with Crippen molar-refractivity contribution in [2.75, 3.05) is 0 Å². The van der Waals surface area contributed by atoms with E-state index in [-0.39, 0.29) is 5.88 Å². The van der Waals surface area contributed by atoms with Gasteiger partial charge in [0.05, 0.1) is 0 Å². The van der Waals surface area contributed by atoms with Gasteiger partial charge in [0.15, 0.2) is 0 Å². The number of hydrogen-bond donors (Lipinski definition) is 1. The molecule has 0 saturated heterocycles. The van der Waals surface area contributed by atoms with Crippen molar-refractivity contribution in [3.63, 3.8) is 0 Å². The summed E-state index contributed by atoms with van der Waals surface area (Å²) < 4.78 is 0. The minimum Gasteiger partial charge on any atom is -0.492 e. The fourth-order valence-corrected chi connectivity index (χ4v) is 2.61. The van der Waals surface area contributed by atoms with Crippen molar-refractivity contribution in [2.24, 2.45) is 0 Å². The molecule has 0 unspecified atom stereocenters. The Morgan fingerprint density at radius 2 is 1.62 bits per heavy atom. The molecule has 0 aliphatic heterocycles. The van der Waals surface area contributed by atoms with Crippen LogP contribution in [0.4, 0.5) is 0 Å². The molecule has 1 aromatic rings. The van der Waals surface area contributed by atoms with Crippen LogP contribution < -0.4 is 0 Å². The van der Waals surface area contributed by atoms with Crippen LogP contribution in [-0.4, -0.2) is 10.1 Å². The smallest absolute Gasteiger partial charge is 0.229 e. The summed E-state index contributed by atoms with van der Waals surface area (Å²) in [7, 11) is 0. The highest BCUT2D eigenvalue weighted by Crippen LogP contribution is 2.19. The van der Waals surface area contributed by atoms with E-state index in [9.17, 15) is 5.11 Å². The van der Waals surface area contributed by atoms with Crippen molar-refractivity contribution in [1.82, 2.24) is 4.98 Å². The first-order valence-electron chi connectivity index (χ1n) is 8.28. The average Bonchev–Trinajstić information content (AvgIpc) is 2.45. The van der Waals surface area contributed by atoms with Crippen molar-refractivity contribution in [1.29, 1.82) is 5.26 Å². The lowest BCUT2D eigenvalue weighted by Gasteiger charge is -2.05. The third kappa shape index (κ3) is 6.62. The third-order valence-electron chi connectivity index (χ3n) is 3.90. The molecule has 0 atom stereocenters. The Kier molecular flexibility index (Phi) is 8.50. The maximum atomic E-state index is 9.68. The number of aromatic nitrogens is 1. The fraction of sp³-hybridized carbons (Fsp3) is 0.667. The number of rotatable bonds is 10. The van der Waals surface area contributed by atoms with Gasteiger partial charge in [-0.05, 0) is 31.4 Å². The Morgan fingerprint density at radius 1 is 1.05 bits per heavy atom. The van der Waals surface area contributed by atoms with E-state index < -0.39 is 0 Å². The molecular formula is C18H28N2O. The predicted octanol–water partition coefficient (Wildman–Crippen LogP) is 5.04. The second kappa shape index (κ2) is 10.2. The van der Waals surface area contributed by atoms with Crippen LogP contribution >= 0.6 is 0 Å². The molecule has 3 nitrogen and oxygen atoms in total. The summed E-state index contributed by atoms with van der Waals surface area (Å²) in [5.74, 6) is -0.122. The van der Waals surface area contributed by atoms with Crippen LogP contribution in [0, 0.1) is 18.3 Å². The van der Waals surface area contributed by atoms with Crippen molar-refractivity contribution in [2.45, 2.75) is 78.1 Å². The molecule has 0 bridgehead atoms. The van der Waals surface area contributed by atoms with Gasteiger partial charge in [0, 0.05) is 5.69 Å². The van der Waals surface area contributed by atoms with E-state index in [0.29, 0.717) is 5.56 Å². The van der Waals surface area contributed by atoms with Crippen LogP contribution in [-0.2, 0) is 6.42 Å². The highest BCUT2D eigenvalue weighted by molar-refractivity contribution is 5.44. The lowest BCUT2D eigenvalue weighted by Crippen LogP contribution is -1.95.